The van der Waals surface area contributed by atoms with Gasteiger partial charge >= 0.3 is 12.2 Å². The number of ether oxygens (including phenoxy) is 1. The summed E-state index contributed by atoms with van der Waals surface area (Å²) in [5.41, 5.74) is -0.394. The Morgan fingerprint density at radius 3 is 2.31 bits per heavy atom. The summed E-state index contributed by atoms with van der Waals surface area (Å²) in [4.78, 5) is 9.85. The molecule has 2 aliphatic rings. The van der Waals surface area contributed by atoms with Gasteiger partial charge in [0.2, 0.25) is 5.95 Å². The average molecular weight is 508 g/mol. The number of benzene rings is 1. The third-order valence-electron chi connectivity index (χ3n) is 6.66. The van der Waals surface area contributed by atoms with Gasteiger partial charge in [-0.25, -0.2) is 13.5 Å². The highest BCUT2D eigenvalue weighted by atomic mass is 19.4. The zero-order valence-electron chi connectivity index (χ0n) is 19.6. The summed E-state index contributed by atoms with van der Waals surface area (Å²) < 4.78 is 73.7. The topological polar surface area (TPSA) is 68.1 Å². The molecule has 192 valence electrons. The number of nitrogens with zero attached hydrogens (tertiary/aromatic N) is 5. The summed E-state index contributed by atoms with van der Waals surface area (Å²) in [6, 6.07) is 5.58. The van der Waals surface area contributed by atoms with Crippen LogP contribution >= 0.6 is 0 Å². The van der Waals surface area contributed by atoms with E-state index in [-0.39, 0.29) is 35.7 Å². The predicted octanol–water partition coefficient (Wildman–Crippen LogP) is 5.67. The van der Waals surface area contributed by atoms with Crippen LogP contribution in [0.2, 0.25) is 0 Å². The quantitative estimate of drug-likeness (QED) is 0.433. The van der Waals surface area contributed by atoms with E-state index in [1.165, 1.54) is 10.9 Å². The molecular formula is C24H25F5N6O. The third-order valence-corrected chi connectivity index (χ3v) is 6.66. The van der Waals surface area contributed by atoms with Crippen LogP contribution in [-0.4, -0.2) is 38.9 Å². The Hall–Kier alpha value is -3.44. The SMILES string of the molecule is CC(C)n1nc(N[C@@H]2[C@@H]3CC[C@H]2CN(c2ccnc(C(F)(F)F)c2)C3)nc1Oc1cc(F)cc(F)c1. The molecule has 0 radical (unpaired) electrons. The molecule has 12 heteroatoms. The molecule has 5 rings (SSSR count). The van der Waals surface area contributed by atoms with Crippen molar-refractivity contribution in [2.75, 3.05) is 23.3 Å². The van der Waals surface area contributed by atoms with Crippen LogP contribution < -0.4 is 15.0 Å². The second-order valence-electron chi connectivity index (χ2n) is 9.53. The maximum absolute atomic E-state index is 13.6. The van der Waals surface area contributed by atoms with Crippen LogP contribution in [0.25, 0.3) is 0 Å². The number of pyridine rings is 1. The molecule has 3 aromatic rings. The molecule has 0 spiro atoms. The number of nitrogens with one attached hydrogen (secondary N) is 1. The first-order chi connectivity index (χ1) is 17.1. The van der Waals surface area contributed by atoms with Gasteiger partial charge in [-0.15, -0.1) is 5.10 Å². The smallest absolute Gasteiger partial charge is 0.424 e. The van der Waals surface area contributed by atoms with Crippen molar-refractivity contribution >= 4 is 11.6 Å². The molecule has 1 aliphatic carbocycles. The standard InChI is InChI=1S/C24H25F5N6O/c1-13(2)35-23(36-19-8-16(25)7-17(26)9-19)32-22(33-35)31-21-14-3-4-15(21)12-34(11-14)18-5-6-30-20(10-18)24(27,28)29/h5-10,13-15,21H,3-4,11-12H2,1-2H3,(H,31,33)/t14-,15+,21-. The molecule has 3 atom stereocenters. The summed E-state index contributed by atoms with van der Waals surface area (Å²) in [7, 11) is 0. The summed E-state index contributed by atoms with van der Waals surface area (Å²) in [6.45, 7) is 4.94. The minimum absolute atomic E-state index is 0.0303. The van der Waals surface area contributed by atoms with Crippen LogP contribution in [0, 0.1) is 23.5 Å². The van der Waals surface area contributed by atoms with E-state index in [2.05, 4.69) is 20.4 Å². The Bertz CT molecular complexity index is 1210. The second kappa shape index (κ2) is 9.21. The van der Waals surface area contributed by atoms with Crippen LogP contribution in [0.3, 0.4) is 0 Å². The lowest BCUT2D eigenvalue weighted by atomic mass is 9.92. The monoisotopic (exact) mass is 508 g/mol. The van der Waals surface area contributed by atoms with Crippen LogP contribution in [0.15, 0.2) is 36.5 Å². The van der Waals surface area contributed by atoms with E-state index in [4.69, 9.17) is 4.74 Å². The van der Waals surface area contributed by atoms with Crippen molar-refractivity contribution in [2.45, 2.75) is 44.9 Å². The van der Waals surface area contributed by atoms with Gasteiger partial charge in [0.25, 0.3) is 0 Å². The number of fused-ring (bicyclic) bond motifs is 2. The lowest BCUT2D eigenvalue weighted by Gasteiger charge is -2.39. The zero-order chi connectivity index (χ0) is 25.6. The first-order valence-corrected chi connectivity index (χ1v) is 11.7. The first-order valence-electron chi connectivity index (χ1n) is 11.7. The minimum atomic E-state index is -4.49. The molecule has 2 aromatic heterocycles. The fourth-order valence-corrected chi connectivity index (χ4v) is 5.06. The molecular weight excluding hydrogens is 483 g/mol. The van der Waals surface area contributed by atoms with Gasteiger partial charge in [-0.05, 0) is 50.7 Å². The molecule has 2 fully saturated rings. The van der Waals surface area contributed by atoms with Gasteiger partial charge in [0.1, 0.15) is 23.1 Å². The second-order valence-corrected chi connectivity index (χ2v) is 9.53. The molecule has 1 aliphatic heterocycles. The van der Waals surface area contributed by atoms with E-state index in [0.29, 0.717) is 24.7 Å². The van der Waals surface area contributed by atoms with Crippen molar-refractivity contribution in [3.05, 3.63) is 53.9 Å². The van der Waals surface area contributed by atoms with Crippen molar-refractivity contribution in [3.63, 3.8) is 0 Å². The van der Waals surface area contributed by atoms with E-state index in [1.807, 2.05) is 18.7 Å². The van der Waals surface area contributed by atoms with Crippen molar-refractivity contribution in [2.24, 2.45) is 11.8 Å². The van der Waals surface area contributed by atoms with Gasteiger partial charge in [-0.1, -0.05) is 0 Å². The fourth-order valence-electron chi connectivity index (χ4n) is 5.06. The molecule has 3 heterocycles. The number of piperidine rings is 1. The van der Waals surface area contributed by atoms with E-state index < -0.39 is 23.5 Å². The fraction of sp³-hybridized carbons (Fsp3) is 0.458. The number of hydrogen-bond acceptors (Lipinski definition) is 6. The van der Waals surface area contributed by atoms with Gasteiger partial charge in [0.15, 0.2) is 0 Å². The largest absolute Gasteiger partial charge is 0.433 e. The molecule has 1 saturated heterocycles. The molecule has 1 saturated carbocycles. The lowest BCUT2D eigenvalue weighted by molar-refractivity contribution is -0.141. The molecule has 0 unspecified atom stereocenters. The van der Waals surface area contributed by atoms with E-state index >= 15 is 0 Å². The number of halogens is 5. The van der Waals surface area contributed by atoms with Gasteiger partial charge in [0, 0.05) is 49.2 Å². The van der Waals surface area contributed by atoms with Crippen LogP contribution in [0.4, 0.5) is 33.6 Å². The van der Waals surface area contributed by atoms with Crippen molar-refractivity contribution in [1.82, 2.24) is 19.7 Å². The zero-order valence-corrected chi connectivity index (χ0v) is 19.6. The highest BCUT2D eigenvalue weighted by Crippen LogP contribution is 2.41. The number of rotatable bonds is 6. The van der Waals surface area contributed by atoms with Crippen LogP contribution in [0.1, 0.15) is 38.4 Å². The van der Waals surface area contributed by atoms with Crippen molar-refractivity contribution in [3.8, 4) is 11.8 Å². The molecule has 1 aromatic carbocycles. The highest BCUT2D eigenvalue weighted by Gasteiger charge is 2.43. The Morgan fingerprint density at radius 1 is 1.03 bits per heavy atom. The molecule has 1 N–H and O–H groups in total. The summed E-state index contributed by atoms with van der Waals surface area (Å²) in [5, 5.41) is 7.88. The molecule has 2 bridgehead atoms. The van der Waals surface area contributed by atoms with E-state index in [9.17, 15) is 22.0 Å². The highest BCUT2D eigenvalue weighted by molar-refractivity contribution is 5.49. The normalized spacial score (nSPS) is 21.8. The number of anilines is 2. The first kappa shape index (κ1) is 24.3. The average Bonchev–Trinajstić information content (AvgIpc) is 3.28. The Labute approximate surface area is 204 Å². The van der Waals surface area contributed by atoms with Crippen LogP contribution in [-0.2, 0) is 6.18 Å². The van der Waals surface area contributed by atoms with Crippen LogP contribution in [0.5, 0.6) is 11.8 Å². The molecule has 36 heavy (non-hydrogen) atoms. The van der Waals surface area contributed by atoms with Gasteiger partial charge < -0.3 is 15.0 Å². The number of alkyl halides is 3. The summed E-state index contributed by atoms with van der Waals surface area (Å²) in [6.07, 6.45) is -1.45. The third kappa shape index (κ3) is 4.93. The summed E-state index contributed by atoms with van der Waals surface area (Å²) >= 11 is 0. The Kier molecular flexibility index (Phi) is 6.21. The lowest BCUT2D eigenvalue weighted by Crippen LogP contribution is -2.48. The maximum Gasteiger partial charge on any atom is 0.433 e. The van der Waals surface area contributed by atoms with Gasteiger partial charge in [0.05, 0.1) is 6.04 Å². The Morgan fingerprint density at radius 2 is 1.69 bits per heavy atom. The van der Waals surface area contributed by atoms with Crippen molar-refractivity contribution in [1.29, 1.82) is 0 Å². The van der Waals surface area contributed by atoms with E-state index in [1.54, 1.807) is 6.07 Å². The van der Waals surface area contributed by atoms with E-state index in [0.717, 1.165) is 37.1 Å². The number of aromatic nitrogens is 4. The Balaban J connectivity index is 1.32. The molecule has 0 amide bonds. The summed E-state index contributed by atoms with van der Waals surface area (Å²) in [5.74, 6) is -0.873. The van der Waals surface area contributed by atoms with Gasteiger partial charge in [-0.2, -0.15) is 18.2 Å². The maximum atomic E-state index is 13.6. The van der Waals surface area contributed by atoms with Crippen molar-refractivity contribution < 1.29 is 26.7 Å². The molecule has 7 nitrogen and oxygen atoms in total. The minimum Gasteiger partial charge on any atom is -0.424 e. The van der Waals surface area contributed by atoms with Gasteiger partial charge in [-0.3, -0.25) is 4.98 Å². The number of hydrogen-bond donors (Lipinski definition) is 1. The predicted molar refractivity (Wildman–Crippen MR) is 122 cm³/mol.